The highest BCUT2D eigenvalue weighted by Gasteiger charge is 2.43. The Hall–Kier alpha value is -4.08. The van der Waals surface area contributed by atoms with E-state index in [4.69, 9.17) is 23.4 Å². The summed E-state index contributed by atoms with van der Waals surface area (Å²) in [6, 6.07) is 5.96. The van der Waals surface area contributed by atoms with E-state index in [0.717, 1.165) is 12.1 Å². The van der Waals surface area contributed by atoms with Gasteiger partial charge in [0.1, 0.15) is 53.5 Å². The Bertz CT molecular complexity index is 1400. The number of carbonyl (C=O) groups is 1. The molecule has 2 heterocycles. The number of methoxy groups -OCH3 is 1. The molecule has 1 aliphatic rings. The molecule has 1 aromatic heterocycles. The fourth-order valence-corrected chi connectivity index (χ4v) is 3.81. The zero-order valence-corrected chi connectivity index (χ0v) is 19.7. The molecule has 204 valence electrons. The molecular weight excluding hydrogens is 512 g/mol. The Morgan fingerprint density at radius 3 is 2.37 bits per heavy atom. The minimum absolute atomic E-state index is 0.0947. The number of hydrogen-bond acceptors (Lipinski definition) is 14. The number of hydrogen-bond donors (Lipinski definition) is 7. The second-order valence-corrected chi connectivity index (χ2v) is 8.32. The zero-order chi connectivity index (χ0) is 27.7. The Morgan fingerprint density at radius 2 is 1.68 bits per heavy atom. The van der Waals surface area contributed by atoms with Crippen LogP contribution < -0.4 is 14.9 Å². The van der Waals surface area contributed by atoms with Gasteiger partial charge in [-0.1, -0.05) is 0 Å². The van der Waals surface area contributed by atoms with E-state index in [-0.39, 0.29) is 33.8 Å². The first-order valence-electron chi connectivity index (χ1n) is 11.1. The maximum atomic E-state index is 13.0. The summed E-state index contributed by atoms with van der Waals surface area (Å²) < 4.78 is 26.1. The van der Waals surface area contributed by atoms with Gasteiger partial charge in [0.15, 0.2) is 30.2 Å². The standard InChI is InChI=1S/C24H24O14/c1-34-23-19(30)17-13(27)5-10(6-14(17)37-22(23)9-2-3-11(25)12(26)4-9)35-8-16(28)36-7-15-18(29)20(31)21(32)24(33)38-15/h2-6,15,18,20-21,24-27,29,31-33H,7-8H2,1H3/t15-,18-,20+,21-,24?/m0/s1. The molecule has 2 aromatic carbocycles. The van der Waals surface area contributed by atoms with Crippen LogP contribution in [0.15, 0.2) is 39.5 Å². The summed E-state index contributed by atoms with van der Waals surface area (Å²) in [4.78, 5) is 25.1. The fourth-order valence-electron chi connectivity index (χ4n) is 3.81. The van der Waals surface area contributed by atoms with Crippen molar-refractivity contribution in [2.24, 2.45) is 0 Å². The maximum Gasteiger partial charge on any atom is 0.344 e. The predicted molar refractivity (Wildman–Crippen MR) is 125 cm³/mol. The number of rotatable bonds is 7. The Morgan fingerprint density at radius 1 is 0.947 bits per heavy atom. The molecule has 1 unspecified atom stereocenters. The summed E-state index contributed by atoms with van der Waals surface area (Å²) in [5, 5.41) is 68.2. The van der Waals surface area contributed by atoms with Crippen LogP contribution in [-0.4, -0.2) is 92.7 Å². The van der Waals surface area contributed by atoms with Crippen molar-refractivity contribution >= 4 is 16.9 Å². The van der Waals surface area contributed by atoms with E-state index in [1.54, 1.807) is 0 Å². The molecule has 1 aliphatic heterocycles. The van der Waals surface area contributed by atoms with E-state index in [2.05, 4.69) is 0 Å². The number of esters is 1. The van der Waals surface area contributed by atoms with Crippen LogP contribution in [0.4, 0.5) is 0 Å². The molecule has 1 fully saturated rings. The Balaban J connectivity index is 1.52. The number of carbonyl (C=O) groups excluding carboxylic acids is 1. The van der Waals surface area contributed by atoms with Gasteiger partial charge in [0.2, 0.25) is 11.2 Å². The molecule has 5 atom stereocenters. The van der Waals surface area contributed by atoms with E-state index >= 15 is 0 Å². The molecule has 0 saturated carbocycles. The first-order chi connectivity index (χ1) is 18.0. The number of ether oxygens (including phenoxy) is 4. The van der Waals surface area contributed by atoms with Gasteiger partial charge in [0, 0.05) is 17.7 Å². The van der Waals surface area contributed by atoms with Gasteiger partial charge in [-0.2, -0.15) is 0 Å². The summed E-state index contributed by atoms with van der Waals surface area (Å²) in [5.41, 5.74) is -0.706. The smallest absolute Gasteiger partial charge is 0.344 e. The number of aliphatic hydroxyl groups is 4. The first-order valence-corrected chi connectivity index (χ1v) is 11.1. The lowest BCUT2D eigenvalue weighted by Crippen LogP contribution is -2.58. The third-order valence-electron chi connectivity index (χ3n) is 5.80. The molecule has 0 radical (unpaired) electrons. The summed E-state index contributed by atoms with van der Waals surface area (Å²) in [7, 11) is 1.21. The molecule has 0 aliphatic carbocycles. The highest BCUT2D eigenvalue weighted by Crippen LogP contribution is 2.38. The predicted octanol–water partition coefficient (Wildman–Crippen LogP) is -0.693. The molecular formula is C24H24O14. The summed E-state index contributed by atoms with van der Waals surface area (Å²) in [5.74, 6) is -2.85. The third kappa shape index (κ3) is 5.16. The average Bonchev–Trinajstić information content (AvgIpc) is 2.88. The van der Waals surface area contributed by atoms with Crippen molar-refractivity contribution in [1.29, 1.82) is 0 Å². The van der Waals surface area contributed by atoms with Crippen LogP contribution in [0.2, 0.25) is 0 Å². The van der Waals surface area contributed by atoms with Gasteiger partial charge in [-0.05, 0) is 18.2 Å². The van der Waals surface area contributed by atoms with Crippen molar-refractivity contribution in [3.05, 3.63) is 40.6 Å². The minimum Gasteiger partial charge on any atom is -0.507 e. The van der Waals surface area contributed by atoms with Crippen LogP contribution in [0.1, 0.15) is 0 Å². The van der Waals surface area contributed by atoms with Crippen LogP contribution >= 0.6 is 0 Å². The van der Waals surface area contributed by atoms with Gasteiger partial charge in [-0.3, -0.25) is 4.79 Å². The molecule has 4 rings (SSSR count). The summed E-state index contributed by atoms with van der Waals surface area (Å²) in [6.45, 7) is -1.27. The molecule has 1 saturated heterocycles. The summed E-state index contributed by atoms with van der Waals surface area (Å²) in [6.07, 6.45) is -8.20. The number of aliphatic hydroxyl groups excluding tert-OH is 4. The second kappa shape index (κ2) is 10.7. The monoisotopic (exact) mass is 536 g/mol. The fraction of sp³-hybridized carbons (Fsp3) is 0.333. The van der Waals surface area contributed by atoms with Crippen molar-refractivity contribution in [3.63, 3.8) is 0 Å². The van der Waals surface area contributed by atoms with Crippen molar-refractivity contribution in [3.8, 4) is 40.1 Å². The molecule has 3 aromatic rings. The largest absolute Gasteiger partial charge is 0.507 e. The minimum atomic E-state index is -1.79. The van der Waals surface area contributed by atoms with Crippen LogP contribution in [0.3, 0.4) is 0 Å². The van der Waals surface area contributed by atoms with Crippen molar-refractivity contribution in [2.45, 2.75) is 30.7 Å². The maximum absolute atomic E-state index is 13.0. The number of phenolic OH excluding ortho intramolecular Hbond substituents is 3. The van der Waals surface area contributed by atoms with E-state index in [1.165, 1.54) is 25.3 Å². The van der Waals surface area contributed by atoms with Gasteiger partial charge in [0.25, 0.3) is 0 Å². The third-order valence-corrected chi connectivity index (χ3v) is 5.80. The topological polar surface area (TPSA) is 226 Å². The van der Waals surface area contributed by atoms with E-state index in [0.29, 0.717) is 0 Å². The molecule has 14 nitrogen and oxygen atoms in total. The number of aromatic hydroxyl groups is 3. The molecule has 14 heteroatoms. The molecule has 7 N–H and O–H groups in total. The van der Waals surface area contributed by atoms with Gasteiger partial charge < -0.3 is 59.1 Å². The number of benzene rings is 2. The van der Waals surface area contributed by atoms with Crippen molar-refractivity contribution in [1.82, 2.24) is 0 Å². The molecule has 0 bridgehead atoms. The highest BCUT2D eigenvalue weighted by atomic mass is 16.7. The zero-order valence-electron chi connectivity index (χ0n) is 19.7. The lowest BCUT2D eigenvalue weighted by atomic mass is 9.99. The average molecular weight is 536 g/mol. The lowest BCUT2D eigenvalue weighted by Gasteiger charge is -2.37. The second-order valence-electron chi connectivity index (χ2n) is 8.32. The van der Waals surface area contributed by atoms with Gasteiger partial charge in [-0.15, -0.1) is 0 Å². The van der Waals surface area contributed by atoms with Gasteiger partial charge in [-0.25, -0.2) is 4.79 Å². The lowest BCUT2D eigenvalue weighted by molar-refractivity contribution is -0.287. The van der Waals surface area contributed by atoms with E-state index < -0.39 is 72.6 Å². The van der Waals surface area contributed by atoms with Crippen molar-refractivity contribution in [2.75, 3.05) is 20.3 Å². The molecule has 0 spiro atoms. The van der Waals surface area contributed by atoms with Gasteiger partial charge >= 0.3 is 5.97 Å². The van der Waals surface area contributed by atoms with E-state index in [1.807, 2.05) is 0 Å². The first kappa shape index (κ1) is 27.0. The SMILES string of the molecule is COc1c(-c2ccc(O)c(O)c2)oc2cc(OCC(=O)OC[C@@H]3OC(O)[C@@H](O)[C@H](O)[C@H]3O)cc(O)c2c1=O. The number of phenols is 3. The molecule has 38 heavy (non-hydrogen) atoms. The van der Waals surface area contributed by atoms with Crippen LogP contribution in [0.25, 0.3) is 22.3 Å². The highest BCUT2D eigenvalue weighted by molar-refractivity contribution is 5.88. The van der Waals surface area contributed by atoms with Crippen LogP contribution in [0, 0.1) is 0 Å². The Labute approximate surface area is 213 Å². The van der Waals surface area contributed by atoms with Crippen LogP contribution in [0.5, 0.6) is 28.7 Å². The van der Waals surface area contributed by atoms with Crippen molar-refractivity contribution < 1.29 is 63.9 Å². The number of fused-ring (bicyclic) bond motifs is 1. The van der Waals surface area contributed by atoms with Gasteiger partial charge in [0.05, 0.1) is 7.11 Å². The van der Waals surface area contributed by atoms with E-state index in [9.17, 15) is 45.3 Å². The molecule has 0 amide bonds. The summed E-state index contributed by atoms with van der Waals surface area (Å²) >= 11 is 0. The normalized spacial score (nSPS) is 23.2. The Kier molecular flexibility index (Phi) is 7.61. The van der Waals surface area contributed by atoms with Crippen LogP contribution in [-0.2, 0) is 14.3 Å². The quantitative estimate of drug-likeness (QED) is 0.147.